The van der Waals surface area contributed by atoms with Crippen molar-refractivity contribution in [3.63, 3.8) is 0 Å². The van der Waals surface area contributed by atoms with Gasteiger partial charge >= 0.3 is 0 Å². The van der Waals surface area contributed by atoms with Crippen molar-refractivity contribution in [3.05, 3.63) is 101 Å². The lowest BCUT2D eigenvalue weighted by atomic mass is 10.1. The number of hydrazone groups is 1. The van der Waals surface area contributed by atoms with Crippen LogP contribution >= 0.6 is 0 Å². The van der Waals surface area contributed by atoms with Crippen molar-refractivity contribution in [2.75, 3.05) is 7.11 Å². The molecule has 0 spiro atoms. The number of para-hydroxylation sites is 1. The number of carbonyl (C=O) groups excluding carboxylic acids is 2. The average molecular weight is 415 g/mol. The number of carbonyl (C=O) groups is 2. The predicted molar refractivity (Wildman–Crippen MR) is 119 cm³/mol. The summed E-state index contributed by atoms with van der Waals surface area (Å²) in [4.78, 5) is 25.3. The van der Waals surface area contributed by atoms with Crippen LogP contribution in [0.3, 0.4) is 0 Å². The van der Waals surface area contributed by atoms with Crippen LogP contribution in [0.25, 0.3) is 6.08 Å². The Hall–Kier alpha value is -4.39. The molecule has 7 heteroatoms. The average Bonchev–Trinajstić information content (AvgIpc) is 2.81. The largest absolute Gasteiger partial charge is 0.504 e. The number of hydrogen-bond acceptors (Lipinski definition) is 5. The molecule has 7 nitrogen and oxygen atoms in total. The third kappa shape index (κ3) is 5.80. The van der Waals surface area contributed by atoms with E-state index in [2.05, 4.69) is 15.8 Å². The summed E-state index contributed by atoms with van der Waals surface area (Å²) in [5.41, 5.74) is 3.90. The van der Waals surface area contributed by atoms with E-state index in [9.17, 15) is 14.7 Å². The zero-order chi connectivity index (χ0) is 22.1. The van der Waals surface area contributed by atoms with E-state index < -0.39 is 11.8 Å². The van der Waals surface area contributed by atoms with Crippen LogP contribution in [0.2, 0.25) is 0 Å². The number of nitrogens with one attached hydrogen (secondary N) is 2. The van der Waals surface area contributed by atoms with Crippen molar-refractivity contribution in [2.45, 2.75) is 0 Å². The van der Waals surface area contributed by atoms with Crippen molar-refractivity contribution in [1.82, 2.24) is 10.7 Å². The molecular weight excluding hydrogens is 394 g/mol. The minimum atomic E-state index is -0.619. The molecule has 0 heterocycles. The van der Waals surface area contributed by atoms with Gasteiger partial charge in [0.1, 0.15) is 5.70 Å². The van der Waals surface area contributed by atoms with Crippen LogP contribution in [0.5, 0.6) is 11.5 Å². The topological polar surface area (TPSA) is 100 Å². The molecule has 156 valence electrons. The third-order valence-corrected chi connectivity index (χ3v) is 4.26. The zero-order valence-corrected chi connectivity index (χ0v) is 16.8. The fraction of sp³-hybridized carbons (Fsp3) is 0.0417. The van der Waals surface area contributed by atoms with Crippen LogP contribution in [0.15, 0.2) is 89.7 Å². The number of ether oxygens (including phenoxy) is 1. The van der Waals surface area contributed by atoms with E-state index in [1.807, 2.05) is 18.2 Å². The smallest absolute Gasteiger partial charge is 0.287 e. The highest BCUT2D eigenvalue weighted by molar-refractivity contribution is 6.05. The summed E-state index contributed by atoms with van der Waals surface area (Å²) in [5.74, 6) is -0.852. The second-order valence-corrected chi connectivity index (χ2v) is 6.39. The van der Waals surface area contributed by atoms with Gasteiger partial charge in [-0.2, -0.15) is 5.10 Å². The summed E-state index contributed by atoms with van der Waals surface area (Å²) < 4.78 is 5.05. The van der Waals surface area contributed by atoms with Gasteiger partial charge in [0.25, 0.3) is 11.8 Å². The fourth-order valence-electron chi connectivity index (χ4n) is 2.69. The van der Waals surface area contributed by atoms with Crippen LogP contribution in [0, 0.1) is 0 Å². The summed E-state index contributed by atoms with van der Waals surface area (Å²) in [6.45, 7) is 0. The van der Waals surface area contributed by atoms with Gasteiger partial charge in [-0.15, -0.1) is 0 Å². The zero-order valence-electron chi connectivity index (χ0n) is 16.8. The molecule has 0 bridgehead atoms. The Kier molecular flexibility index (Phi) is 7.16. The van der Waals surface area contributed by atoms with Gasteiger partial charge in [0.15, 0.2) is 11.5 Å². The lowest BCUT2D eigenvalue weighted by Gasteiger charge is -2.09. The monoisotopic (exact) mass is 415 g/mol. The molecule has 0 aromatic heterocycles. The van der Waals surface area contributed by atoms with Gasteiger partial charge in [0.2, 0.25) is 0 Å². The summed E-state index contributed by atoms with van der Waals surface area (Å²) in [6, 6.07) is 22.6. The minimum absolute atomic E-state index is 0.0204. The minimum Gasteiger partial charge on any atom is -0.504 e. The maximum atomic E-state index is 12.7. The number of methoxy groups -OCH3 is 1. The molecule has 0 aliphatic heterocycles. The molecule has 0 saturated carbocycles. The number of phenolic OH excluding ortho intramolecular Hbond substituents is 1. The molecule has 3 aromatic carbocycles. The highest BCUT2D eigenvalue weighted by Crippen LogP contribution is 2.27. The van der Waals surface area contributed by atoms with Crippen molar-refractivity contribution in [2.24, 2.45) is 5.10 Å². The number of amides is 2. The molecule has 0 aliphatic rings. The van der Waals surface area contributed by atoms with Gasteiger partial charge in [0, 0.05) is 11.1 Å². The van der Waals surface area contributed by atoms with Gasteiger partial charge < -0.3 is 15.2 Å². The Labute approximate surface area is 179 Å². The number of rotatable bonds is 7. The molecular formula is C24H21N3O4. The van der Waals surface area contributed by atoms with Crippen molar-refractivity contribution >= 4 is 24.1 Å². The summed E-state index contributed by atoms with van der Waals surface area (Å²) in [5, 5.41) is 16.6. The summed E-state index contributed by atoms with van der Waals surface area (Å²) in [7, 11) is 1.44. The number of nitrogens with zero attached hydrogens (tertiary/aromatic N) is 1. The highest BCUT2D eigenvalue weighted by atomic mass is 16.5. The van der Waals surface area contributed by atoms with Crippen LogP contribution in [0.1, 0.15) is 21.5 Å². The van der Waals surface area contributed by atoms with Crippen molar-refractivity contribution < 1.29 is 19.4 Å². The Morgan fingerprint density at radius 2 is 1.61 bits per heavy atom. The van der Waals surface area contributed by atoms with Crippen molar-refractivity contribution in [3.8, 4) is 11.5 Å². The van der Waals surface area contributed by atoms with Crippen LogP contribution < -0.4 is 15.5 Å². The van der Waals surface area contributed by atoms with Gasteiger partial charge in [0.05, 0.1) is 13.3 Å². The van der Waals surface area contributed by atoms with E-state index in [0.29, 0.717) is 11.1 Å². The first-order valence-electron chi connectivity index (χ1n) is 9.41. The van der Waals surface area contributed by atoms with Crippen LogP contribution in [-0.4, -0.2) is 30.2 Å². The summed E-state index contributed by atoms with van der Waals surface area (Å²) >= 11 is 0. The first-order valence-corrected chi connectivity index (χ1v) is 9.41. The van der Waals surface area contributed by atoms with Gasteiger partial charge in [-0.05, 0) is 35.9 Å². The molecule has 3 rings (SSSR count). The van der Waals surface area contributed by atoms with Crippen LogP contribution in [-0.2, 0) is 4.79 Å². The fourth-order valence-corrected chi connectivity index (χ4v) is 2.69. The van der Waals surface area contributed by atoms with Gasteiger partial charge in [-0.1, -0.05) is 54.6 Å². The number of aromatic hydroxyl groups is 1. The normalized spacial score (nSPS) is 11.2. The second kappa shape index (κ2) is 10.4. The predicted octanol–water partition coefficient (Wildman–Crippen LogP) is 3.32. The Balaban J connectivity index is 1.79. The Morgan fingerprint density at radius 1 is 0.935 bits per heavy atom. The van der Waals surface area contributed by atoms with E-state index in [-0.39, 0.29) is 17.2 Å². The highest BCUT2D eigenvalue weighted by Gasteiger charge is 2.14. The summed E-state index contributed by atoms with van der Waals surface area (Å²) in [6.07, 6.45) is 2.84. The van der Waals surface area contributed by atoms with Gasteiger partial charge in [-0.3, -0.25) is 9.59 Å². The van der Waals surface area contributed by atoms with Crippen LogP contribution in [0.4, 0.5) is 0 Å². The first kappa shape index (κ1) is 21.3. The standard InChI is InChI=1S/C24H21N3O4/c1-31-21-14-8-13-19(22(21)28)16-25-27-24(30)20(15-17-9-4-2-5-10-17)26-23(29)18-11-6-3-7-12-18/h2-16,28H,1H3,(H,26,29)(H,27,30)/b20-15-,25-16+. The quantitative estimate of drug-likeness (QED) is 0.313. The SMILES string of the molecule is COc1cccc(/C=N/NC(=O)/C(=C/c2ccccc2)NC(=O)c2ccccc2)c1O. The second-order valence-electron chi connectivity index (χ2n) is 6.39. The molecule has 0 saturated heterocycles. The lowest BCUT2D eigenvalue weighted by Crippen LogP contribution is -2.32. The number of phenols is 1. The van der Waals surface area contributed by atoms with E-state index >= 15 is 0 Å². The van der Waals surface area contributed by atoms with Crippen molar-refractivity contribution in [1.29, 1.82) is 0 Å². The number of benzene rings is 3. The molecule has 0 atom stereocenters. The molecule has 0 aliphatic carbocycles. The van der Waals surface area contributed by atoms with E-state index in [1.54, 1.807) is 66.7 Å². The first-order chi connectivity index (χ1) is 15.1. The maximum absolute atomic E-state index is 12.7. The van der Waals surface area contributed by atoms with E-state index in [1.165, 1.54) is 13.3 Å². The molecule has 2 amide bonds. The van der Waals surface area contributed by atoms with E-state index in [0.717, 1.165) is 5.56 Å². The maximum Gasteiger partial charge on any atom is 0.287 e. The molecule has 0 unspecified atom stereocenters. The molecule has 3 N–H and O–H groups in total. The molecule has 0 radical (unpaired) electrons. The number of hydrogen-bond donors (Lipinski definition) is 3. The Bertz CT molecular complexity index is 1110. The molecule has 31 heavy (non-hydrogen) atoms. The third-order valence-electron chi connectivity index (χ3n) is 4.26. The molecule has 3 aromatic rings. The molecule has 0 fully saturated rings. The van der Waals surface area contributed by atoms with Gasteiger partial charge in [-0.25, -0.2) is 5.43 Å². The Morgan fingerprint density at radius 3 is 2.29 bits per heavy atom. The lowest BCUT2D eigenvalue weighted by molar-refractivity contribution is -0.117. The van der Waals surface area contributed by atoms with E-state index in [4.69, 9.17) is 4.74 Å².